The van der Waals surface area contributed by atoms with E-state index < -0.39 is 0 Å². The Morgan fingerprint density at radius 2 is 2.00 bits per heavy atom. The summed E-state index contributed by atoms with van der Waals surface area (Å²) in [6.45, 7) is 0.434. The third kappa shape index (κ3) is 3.69. The summed E-state index contributed by atoms with van der Waals surface area (Å²) < 4.78 is 0. The van der Waals surface area contributed by atoms with Gasteiger partial charge in [0.2, 0.25) is 11.8 Å². The number of carbonyl (C=O) groups excluding carboxylic acids is 2. The summed E-state index contributed by atoms with van der Waals surface area (Å²) in [7, 11) is 3.46. The maximum atomic E-state index is 12.0. The molecule has 2 amide bonds. The van der Waals surface area contributed by atoms with E-state index in [0.29, 0.717) is 24.9 Å². The highest BCUT2D eigenvalue weighted by molar-refractivity contribution is 5.83. The normalized spacial score (nSPS) is 29.7. The van der Waals surface area contributed by atoms with Crippen molar-refractivity contribution in [1.29, 1.82) is 0 Å². The van der Waals surface area contributed by atoms with Crippen molar-refractivity contribution in [3.8, 4) is 0 Å². The van der Waals surface area contributed by atoms with Crippen molar-refractivity contribution < 1.29 is 9.59 Å². The summed E-state index contributed by atoms with van der Waals surface area (Å²) in [6, 6.07) is 0.482. The molecule has 5 nitrogen and oxygen atoms in total. The van der Waals surface area contributed by atoms with E-state index in [2.05, 4.69) is 10.6 Å². The molecule has 19 heavy (non-hydrogen) atoms. The largest absolute Gasteiger partial charge is 0.354 e. The van der Waals surface area contributed by atoms with E-state index in [-0.39, 0.29) is 17.9 Å². The molecule has 1 aliphatic carbocycles. The molecule has 3 unspecified atom stereocenters. The third-order valence-corrected chi connectivity index (χ3v) is 4.32. The van der Waals surface area contributed by atoms with Crippen molar-refractivity contribution in [3.05, 3.63) is 0 Å². The second-order valence-electron chi connectivity index (χ2n) is 5.94. The van der Waals surface area contributed by atoms with E-state index in [0.717, 1.165) is 6.42 Å². The van der Waals surface area contributed by atoms with E-state index in [1.807, 2.05) is 0 Å². The second-order valence-corrected chi connectivity index (χ2v) is 5.94. The van der Waals surface area contributed by atoms with Gasteiger partial charge in [-0.1, -0.05) is 12.8 Å². The molecule has 2 rings (SSSR count). The second kappa shape index (κ2) is 6.37. The molecule has 1 saturated carbocycles. The van der Waals surface area contributed by atoms with Crippen LogP contribution in [0.1, 0.15) is 38.5 Å². The Balaban J connectivity index is 1.71. The van der Waals surface area contributed by atoms with E-state index in [1.165, 1.54) is 25.7 Å². The number of nitrogens with one attached hydrogen (secondary N) is 2. The maximum Gasteiger partial charge on any atom is 0.237 e. The van der Waals surface area contributed by atoms with Crippen LogP contribution in [0, 0.1) is 5.92 Å². The van der Waals surface area contributed by atoms with Crippen molar-refractivity contribution in [2.75, 3.05) is 20.6 Å². The summed E-state index contributed by atoms with van der Waals surface area (Å²) in [5.41, 5.74) is 0. The Bertz CT molecular complexity index is 330. The van der Waals surface area contributed by atoms with Gasteiger partial charge in [-0.3, -0.25) is 9.59 Å². The van der Waals surface area contributed by atoms with Gasteiger partial charge < -0.3 is 15.5 Å². The number of hydrogen-bond donors (Lipinski definition) is 2. The van der Waals surface area contributed by atoms with Crippen molar-refractivity contribution in [1.82, 2.24) is 15.5 Å². The molecule has 2 fully saturated rings. The zero-order valence-electron chi connectivity index (χ0n) is 11.9. The average molecular weight is 267 g/mol. The molecule has 0 aromatic carbocycles. The first kappa shape index (κ1) is 14.3. The van der Waals surface area contributed by atoms with Gasteiger partial charge >= 0.3 is 0 Å². The van der Waals surface area contributed by atoms with Crippen molar-refractivity contribution in [2.24, 2.45) is 5.92 Å². The molecule has 1 heterocycles. The Morgan fingerprint density at radius 1 is 1.26 bits per heavy atom. The topological polar surface area (TPSA) is 61.4 Å². The van der Waals surface area contributed by atoms with Gasteiger partial charge in [0.25, 0.3) is 0 Å². The number of amides is 2. The van der Waals surface area contributed by atoms with E-state index >= 15 is 0 Å². The quantitative estimate of drug-likeness (QED) is 0.780. The fraction of sp³-hybridized carbons (Fsp3) is 0.857. The molecule has 3 atom stereocenters. The van der Waals surface area contributed by atoms with Crippen molar-refractivity contribution in [3.63, 3.8) is 0 Å². The first-order valence-electron chi connectivity index (χ1n) is 7.32. The summed E-state index contributed by atoms with van der Waals surface area (Å²) in [5.74, 6) is 0.780. The Hall–Kier alpha value is -1.10. The lowest BCUT2D eigenvalue weighted by atomic mass is 9.85. The monoisotopic (exact) mass is 267 g/mol. The molecule has 0 spiro atoms. The maximum absolute atomic E-state index is 12.0. The predicted octanol–water partition coefficient (Wildman–Crippen LogP) is 0.502. The van der Waals surface area contributed by atoms with Gasteiger partial charge in [-0.25, -0.2) is 0 Å². The van der Waals surface area contributed by atoms with Crippen LogP contribution >= 0.6 is 0 Å². The Labute approximate surface area is 115 Å². The lowest BCUT2D eigenvalue weighted by Gasteiger charge is -2.24. The number of carbonyl (C=O) groups is 2. The highest BCUT2D eigenvalue weighted by Gasteiger charge is 2.37. The summed E-state index contributed by atoms with van der Waals surface area (Å²) in [4.78, 5) is 25.0. The molecule has 0 aromatic heterocycles. The number of hydrogen-bond acceptors (Lipinski definition) is 3. The summed E-state index contributed by atoms with van der Waals surface area (Å²) >= 11 is 0. The fourth-order valence-electron chi connectivity index (χ4n) is 3.16. The average Bonchev–Trinajstić information content (AvgIpc) is 2.82. The zero-order valence-corrected chi connectivity index (χ0v) is 11.9. The van der Waals surface area contributed by atoms with Crippen LogP contribution in [0.5, 0.6) is 0 Å². The molecule has 0 aromatic rings. The van der Waals surface area contributed by atoms with E-state index in [9.17, 15) is 9.59 Å². The Kier molecular flexibility index (Phi) is 4.80. The van der Waals surface area contributed by atoms with E-state index in [4.69, 9.17) is 0 Å². The third-order valence-electron chi connectivity index (χ3n) is 4.32. The van der Waals surface area contributed by atoms with E-state index in [1.54, 1.807) is 19.0 Å². The van der Waals surface area contributed by atoms with Gasteiger partial charge in [-0.15, -0.1) is 0 Å². The first-order valence-corrected chi connectivity index (χ1v) is 7.32. The van der Waals surface area contributed by atoms with Crippen LogP contribution in [0.4, 0.5) is 0 Å². The summed E-state index contributed by atoms with van der Waals surface area (Å²) in [5, 5.41) is 6.32. The van der Waals surface area contributed by atoms with Gasteiger partial charge in [0.05, 0.1) is 6.04 Å². The molecule has 5 heteroatoms. The SMILES string of the molecule is CN(C)C(=O)CCNC(=O)C1CC2CCCCC2N1. The van der Waals surface area contributed by atoms with Gasteiger partial charge in [0, 0.05) is 33.1 Å². The van der Waals surface area contributed by atoms with Crippen LogP contribution in [0.15, 0.2) is 0 Å². The minimum absolute atomic E-state index is 0.0494. The Morgan fingerprint density at radius 3 is 2.68 bits per heavy atom. The molecule has 0 radical (unpaired) electrons. The molecular formula is C14H25N3O2. The molecule has 1 aliphatic heterocycles. The first-order chi connectivity index (χ1) is 9.08. The number of fused-ring (bicyclic) bond motifs is 1. The van der Waals surface area contributed by atoms with Crippen LogP contribution in [-0.4, -0.2) is 49.4 Å². The molecule has 1 saturated heterocycles. The van der Waals surface area contributed by atoms with Gasteiger partial charge in [-0.2, -0.15) is 0 Å². The van der Waals surface area contributed by atoms with Crippen LogP contribution < -0.4 is 10.6 Å². The molecule has 2 N–H and O–H groups in total. The molecule has 108 valence electrons. The summed E-state index contributed by atoms with van der Waals surface area (Å²) in [6.07, 6.45) is 6.36. The zero-order chi connectivity index (χ0) is 13.8. The lowest BCUT2D eigenvalue weighted by molar-refractivity contribution is -0.128. The number of nitrogens with zero attached hydrogens (tertiary/aromatic N) is 1. The minimum atomic E-state index is -0.0532. The standard InChI is InChI=1S/C14H25N3O2/c1-17(2)13(18)7-8-15-14(19)12-9-10-5-3-4-6-11(10)16-12/h10-12,16H,3-9H2,1-2H3,(H,15,19). The highest BCUT2D eigenvalue weighted by atomic mass is 16.2. The van der Waals surface area contributed by atoms with Crippen molar-refractivity contribution >= 4 is 11.8 Å². The van der Waals surface area contributed by atoms with Crippen LogP contribution in [0.25, 0.3) is 0 Å². The fourth-order valence-corrected chi connectivity index (χ4v) is 3.16. The smallest absolute Gasteiger partial charge is 0.237 e. The molecular weight excluding hydrogens is 242 g/mol. The minimum Gasteiger partial charge on any atom is -0.354 e. The highest BCUT2D eigenvalue weighted by Crippen LogP contribution is 2.33. The van der Waals surface area contributed by atoms with Gasteiger partial charge in [0.15, 0.2) is 0 Å². The van der Waals surface area contributed by atoms with Gasteiger partial charge in [0.1, 0.15) is 0 Å². The number of rotatable bonds is 4. The van der Waals surface area contributed by atoms with Crippen LogP contribution in [0.3, 0.4) is 0 Å². The van der Waals surface area contributed by atoms with Crippen molar-refractivity contribution in [2.45, 2.75) is 50.6 Å². The van der Waals surface area contributed by atoms with Crippen LogP contribution in [0.2, 0.25) is 0 Å². The molecule has 2 aliphatic rings. The van der Waals surface area contributed by atoms with Gasteiger partial charge in [-0.05, 0) is 25.2 Å². The predicted molar refractivity (Wildman–Crippen MR) is 73.6 cm³/mol. The lowest BCUT2D eigenvalue weighted by Crippen LogP contribution is -2.44. The molecule has 0 bridgehead atoms. The van der Waals surface area contributed by atoms with Crippen LogP contribution in [-0.2, 0) is 9.59 Å².